The fraction of sp³-hybridized carbons (Fsp3) is 0.455. The summed E-state index contributed by atoms with van der Waals surface area (Å²) in [5.41, 5.74) is 3.70. The third kappa shape index (κ3) is 3.90. The van der Waals surface area contributed by atoms with Crippen LogP contribution in [0.5, 0.6) is 0 Å². The van der Waals surface area contributed by atoms with Gasteiger partial charge in [-0.15, -0.1) is 0 Å². The molecular formula is C33H36N2O4. The molecule has 1 spiro atoms. The lowest BCUT2D eigenvalue weighted by molar-refractivity contribution is -0.122. The first-order chi connectivity index (χ1) is 19.0. The van der Waals surface area contributed by atoms with E-state index in [-0.39, 0.29) is 17.2 Å². The summed E-state index contributed by atoms with van der Waals surface area (Å²) in [4.78, 5) is 29.3. The first kappa shape index (κ1) is 24.5. The molecule has 202 valence electrons. The number of allylic oxidation sites excluding steroid dienone is 2. The molecule has 2 unspecified atom stereocenters. The van der Waals surface area contributed by atoms with Crippen LogP contribution >= 0.6 is 0 Å². The lowest BCUT2D eigenvalue weighted by Gasteiger charge is -2.32. The van der Waals surface area contributed by atoms with Crippen LogP contribution in [0, 0.1) is 11.3 Å². The van der Waals surface area contributed by atoms with Gasteiger partial charge in [0.2, 0.25) is 5.91 Å². The zero-order valence-corrected chi connectivity index (χ0v) is 22.6. The molecule has 7 rings (SSSR count). The number of rotatable bonds is 5. The van der Waals surface area contributed by atoms with E-state index in [2.05, 4.69) is 18.3 Å². The average Bonchev–Trinajstić information content (AvgIpc) is 3.60. The van der Waals surface area contributed by atoms with Gasteiger partial charge in [-0.2, -0.15) is 0 Å². The first-order valence-corrected chi connectivity index (χ1v) is 14.5. The standard InChI is InChI=1S/C33H36N2O4/c1-32-14-15-38-29(32)17-28-26(18-32)33(21-39-28)25-12-5-6-13-27(25)35(31(33)37)20-23-10-7-11-24(16-23)30(36)34-19-22-8-3-2-4-9-22/h5-7,10-13,16-17,22H,2-4,8-9,14-15,18-21H2,1H3,(H,34,36). The maximum Gasteiger partial charge on any atom is 0.251 e. The normalized spacial score (nSPS) is 27.6. The van der Waals surface area contributed by atoms with Gasteiger partial charge in [-0.25, -0.2) is 0 Å². The number of anilines is 1. The number of hydrogen-bond donors (Lipinski definition) is 1. The Morgan fingerprint density at radius 2 is 1.92 bits per heavy atom. The van der Waals surface area contributed by atoms with Crippen LogP contribution in [-0.4, -0.2) is 31.6 Å². The highest BCUT2D eigenvalue weighted by Crippen LogP contribution is 2.58. The van der Waals surface area contributed by atoms with Crippen molar-refractivity contribution >= 4 is 17.5 Å². The van der Waals surface area contributed by atoms with Crippen LogP contribution in [0.25, 0.3) is 0 Å². The quantitative estimate of drug-likeness (QED) is 0.539. The monoisotopic (exact) mass is 524 g/mol. The number of ether oxygens (including phenoxy) is 2. The second-order valence-electron chi connectivity index (χ2n) is 12.2. The minimum atomic E-state index is -0.811. The van der Waals surface area contributed by atoms with Gasteiger partial charge >= 0.3 is 0 Å². The fourth-order valence-electron chi connectivity index (χ4n) is 7.36. The molecule has 1 saturated carbocycles. The van der Waals surface area contributed by atoms with Crippen molar-refractivity contribution in [1.82, 2.24) is 5.32 Å². The van der Waals surface area contributed by atoms with Crippen molar-refractivity contribution < 1.29 is 19.1 Å². The molecular weight excluding hydrogens is 488 g/mol. The van der Waals surface area contributed by atoms with E-state index >= 15 is 0 Å². The predicted octanol–water partition coefficient (Wildman–Crippen LogP) is 5.78. The molecule has 0 bridgehead atoms. The van der Waals surface area contributed by atoms with Crippen molar-refractivity contribution in [1.29, 1.82) is 0 Å². The second-order valence-corrected chi connectivity index (χ2v) is 12.2. The molecule has 5 aliphatic rings. The largest absolute Gasteiger partial charge is 0.497 e. The molecule has 3 aliphatic heterocycles. The van der Waals surface area contributed by atoms with Crippen LogP contribution in [0.1, 0.15) is 73.4 Å². The first-order valence-electron chi connectivity index (χ1n) is 14.5. The molecule has 1 N–H and O–H groups in total. The summed E-state index contributed by atoms with van der Waals surface area (Å²) in [6.45, 7) is 4.40. The summed E-state index contributed by atoms with van der Waals surface area (Å²) in [5.74, 6) is 2.37. The second kappa shape index (κ2) is 9.29. The lowest BCUT2D eigenvalue weighted by atomic mass is 9.67. The van der Waals surface area contributed by atoms with E-state index in [1.165, 1.54) is 32.1 Å². The average molecular weight is 525 g/mol. The summed E-state index contributed by atoms with van der Waals surface area (Å²) in [7, 11) is 0. The molecule has 2 aliphatic carbocycles. The summed E-state index contributed by atoms with van der Waals surface area (Å²) in [6, 6.07) is 15.8. The Hall–Kier alpha value is -3.54. The van der Waals surface area contributed by atoms with Crippen LogP contribution in [0.15, 0.2) is 71.7 Å². The van der Waals surface area contributed by atoms with Gasteiger partial charge in [-0.1, -0.05) is 56.5 Å². The van der Waals surface area contributed by atoms with Gasteiger partial charge in [0.15, 0.2) is 0 Å². The number of carbonyl (C=O) groups is 2. The topological polar surface area (TPSA) is 67.9 Å². The van der Waals surface area contributed by atoms with Crippen LogP contribution in [-0.2, 0) is 26.2 Å². The molecule has 6 heteroatoms. The summed E-state index contributed by atoms with van der Waals surface area (Å²) in [5, 5.41) is 3.15. The highest BCUT2D eigenvalue weighted by molar-refractivity contribution is 6.11. The molecule has 6 nitrogen and oxygen atoms in total. The van der Waals surface area contributed by atoms with Crippen LogP contribution < -0.4 is 10.2 Å². The Kier molecular flexibility index (Phi) is 5.83. The Balaban J connectivity index is 1.15. The zero-order valence-electron chi connectivity index (χ0n) is 22.6. The van der Waals surface area contributed by atoms with Gasteiger partial charge in [0.1, 0.15) is 23.5 Å². The summed E-state index contributed by atoms with van der Waals surface area (Å²) >= 11 is 0. The highest BCUT2D eigenvalue weighted by atomic mass is 16.5. The number of hydrogen-bond acceptors (Lipinski definition) is 4. The number of benzene rings is 2. The number of nitrogens with zero attached hydrogens (tertiary/aromatic N) is 1. The molecule has 0 aromatic heterocycles. The molecule has 2 aromatic rings. The Labute approximate surface area is 230 Å². The maximum absolute atomic E-state index is 14.4. The van der Waals surface area contributed by atoms with E-state index in [1.54, 1.807) is 0 Å². The minimum absolute atomic E-state index is 0.0390. The number of carbonyl (C=O) groups excluding carboxylic acids is 2. The maximum atomic E-state index is 14.4. The minimum Gasteiger partial charge on any atom is -0.497 e. The molecule has 2 atom stereocenters. The lowest BCUT2D eigenvalue weighted by Crippen LogP contribution is -2.43. The van der Waals surface area contributed by atoms with Crippen molar-refractivity contribution in [3.63, 3.8) is 0 Å². The van der Waals surface area contributed by atoms with E-state index in [9.17, 15) is 9.59 Å². The van der Waals surface area contributed by atoms with Gasteiger partial charge in [-0.3, -0.25) is 9.59 Å². The molecule has 1 saturated heterocycles. The Morgan fingerprint density at radius 3 is 2.79 bits per heavy atom. The van der Waals surface area contributed by atoms with Gasteiger partial charge in [-0.05, 0) is 66.5 Å². The van der Waals surface area contributed by atoms with E-state index in [4.69, 9.17) is 9.47 Å². The highest BCUT2D eigenvalue weighted by Gasteiger charge is 2.60. The number of para-hydroxylation sites is 1. The predicted molar refractivity (Wildman–Crippen MR) is 149 cm³/mol. The van der Waals surface area contributed by atoms with Gasteiger partial charge < -0.3 is 19.7 Å². The molecule has 2 fully saturated rings. The van der Waals surface area contributed by atoms with Crippen molar-refractivity contribution in [2.24, 2.45) is 11.3 Å². The van der Waals surface area contributed by atoms with E-state index < -0.39 is 5.41 Å². The third-order valence-corrected chi connectivity index (χ3v) is 9.66. The van der Waals surface area contributed by atoms with Crippen molar-refractivity contribution in [3.8, 4) is 0 Å². The van der Waals surface area contributed by atoms with Crippen molar-refractivity contribution in [3.05, 3.63) is 88.4 Å². The number of fused-ring (bicyclic) bond motifs is 4. The van der Waals surface area contributed by atoms with E-state index in [0.29, 0.717) is 31.2 Å². The smallest absolute Gasteiger partial charge is 0.251 e. The summed E-state index contributed by atoms with van der Waals surface area (Å²) < 4.78 is 12.1. The van der Waals surface area contributed by atoms with E-state index in [0.717, 1.165) is 53.3 Å². The van der Waals surface area contributed by atoms with Crippen LogP contribution in [0.3, 0.4) is 0 Å². The van der Waals surface area contributed by atoms with Gasteiger partial charge in [0, 0.05) is 29.3 Å². The van der Waals surface area contributed by atoms with Crippen molar-refractivity contribution in [2.45, 2.75) is 63.8 Å². The van der Waals surface area contributed by atoms with Gasteiger partial charge in [0.05, 0.1) is 13.2 Å². The SMILES string of the molecule is CC12CCOC1=CC1=C(C2)C2(CO1)C(=O)N(Cc1cccc(C(=O)NCC3CCCCC3)c1)c1ccccc12. The number of nitrogens with one attached hydrogen (secondary N) is 1. The van der Waals surface area contributed by atoms with Crippen LogP contribution in [0.2, 0.25) is 0 Å². The molecule has 2 amide bonds. The molecule has 2 aromatic carbocycles. The van der Waals surface area contributed by atoms with Gasteiger partial charge in [0.25, 0.3) is 5.91 Å². The molecule has 39 heavy (non-hydrogen) atoms. The zero-order chi connectivity index (χ0) is 26.6. The fourth-order valence-corrected chi connectivity index (χ4v) is 7.36. The Bertz CT molecular complexity index is 1400. The Morgan fingerprint density at radius 1 is 1.08 bits per heavy atom. The van der Waals surface area contributed by atoms with E-state index in [1.807, 2.05) is 53.4 Å². The molecule has 0 radical (unpaired) electrons. The third-order valence-electron chi connectivity index (χ3n) is 9.66. The summed E-state index contributed by atoms with van der Waals surface area (Å²) in [6.07, 6.45) is 9.96. The van der Waals surface area contributed by atoms with Crippen LogP contribution in [0.4, 0.5) is 5.69 Å². The molecule has 3 heterocycles. The van der Waals surface area contributed by atoms with Crippen molar-refractivity contribution in [2.75, 3.05) is 24.7 Å². The number of amides is 2.